The van der Waals surface area contributed by atoms with Crippen molar-refractivity contribution in [2.45, 2.75) is 20.4 Å². The fourth-order valence-corrected chi connectivity index (χ4v) is 3.97. The van der Waals surface area contributed by atoms with Gasteiger partial charge in [0.25, 0.3) is 11.6 Å². The second-order valence-corrected chi connectivity index (χ2v) is 7.91. The number of hydrogen-bond donors (Lipinski definition) is 1. The summed E-state index contributed by atoms with van der Waals surface area (Å²) in [6.45, 7) is 3.49. The topological polar surface area (TPSA) is 146 Å². The van der Waals surface area contributed by atoms with Gasteiger partial charge >= 0.3 is 12.0 Å². The van der Waals surface area contributed by atoms with Crippen LogP contribution in [0.1, 0.15) is 33.3 Å². The van der Waals surface area contributed by atoms with Crippen LogP contribution in [-0.2, 0) is 16.1 Å². The maximum absolute atomic E-state index is 12.9. The molecule has 1 saturated heterocycles. The number of nitro groups is 1. The predicted molar refractivity (Wildman–Crippen MR) is 126 cm³/mol. The van der Waals surface area contributed by atoms with Crippen molar-refractivity contribution in [3.8, 4) is 11.4 Å². The number of methoxy groups -OCH3 is 2. The summed E-state index contributed by atoms with van der Waals surface area (Å²) in [6.07, 6.45) is 1.55. The van der Waals surface area contributed by atoms with Gasteiger partial charge in [0.2, 0.25) is 5.76 Å². The molecule has 1 fully saturated rings. The normalized spacial score (nSPS) is 14.3. The van der Waals surface area contributed by atoms with Crippen LogP contribution in [0, 0.1) is 24.0 Å². The van der Waals surface area contributed by atoms with Crippen LogP contribution >= 0.6 is 0 Å². The Labute approximate surface area is 204 Å². The molecule has 4 rings (SSSR count). The maximum Gasteiger partial charge on any atom is 0.373 e. The average Bonchev–Trinajstić information content (AvgIpc) is 3.51. The van der Waals surface area contributed by atoms with Crippen LogP contribution in [0.2, 0.25) is 0 Å². The van der Waals surface area contributed by atoms with E-state index in [4.69, 9.17) is 9.15 Å². The molecule has 12 heteroatoms. The lowest BCUT2D eigenvalue weighted by molar-refractivity contribution is -0.384. The van der Waals surface area contributed by atoms with Crippen LogP contribution < -0.4 is 10.1 Å². The highest BCUT2D eigenvalue weighted by molar-refractivity contribution is 6.14. The Morgan fingerprint density at radius 1 is 1.17 bits per heavy atom. The van der Waals surface area contributed by atoms with Gasteiger partial charge < -0.3 is 23.8 Å². The summed E-state index contributed by atoms with van der Waals surface area (Å²) in [5, 5.41) is 13.7. The first-order valence-corrected chi connectivity index (χ1v) is 10.7. The molecule has 0 atom stereocenters. The van der Waals surface area contributed by atoms with E-state index in [-0.39, 0.29) is 29.4 Å². The third-order valence-corrected chi connectivity index (χ3v) is 5.71. The largest absolute Gasteiger partial charge is 0.494 e. The number of ether oxygens (including phenoxy) is 2. The van der Waals surface area contributed by atoms with Gasteiger partial charge in [-0.3, -0.25) is 19.8 Å². The van der Waals surface area contributed by atoms with Gasteiger partial charge in [0, 0.05) is 17.5 Å². The lowest BCUT2D eigenvalue weighted by atomic mass is 10.2. The molecule has 36 heavy (non-hydrogen) atoms. The van der Waals surface area contributed by atoms with Gasteiger partial charge in [0.1, 0.15) is 17.2 Å². The van der Waals surface area contributed by atoms with Crippen LogP contribution in [0.15, 0.2) is 46.5 Å². The van der Waals surface area contributed by atoms with E-state index in [0.717, 1.165) is 16.3 Å². The highest BCUT2D eigenvalue weighted by atomic mass is 16.6. The van der Waals surface area contributed by atoms with Gasteiger partial charge in [0.05, 0.1) is 37.4 Å². The van der Waals surface area contributed by atoms with Crippen LogP contribution in [0.4, 0.5) is 10.5 Å². The number of aryl methyl sites for hydroxylation is 1. The zero-order valence-corrected chi connectivity index (χ0v) is 19.9. The Kier molecular flexibility index (Phi) is 6.34. The highest BCUT2D eigenvalue weighted by Gasteiger charge is 2.34. The molecule has 3 aromatic rings. The van der Waals surface area contributed by atoms with E-state index >= 15 is 0 Å². The molecule has 1 aliphatic rings. The first kappa shape index (κ1) is 24.3. The average molecular weight is 494 g/mol. The molecule has 186 valence electrons. The van der Waals surface area contributed by atoms with Crippen molar-refractivity contribution in [3.05, 3.63) is 80.7 Å². The highest BCUT2D eigenvalue weighted by Crippen LogP contribution is 2.32. The standard InChI is InChI=1S/C24H22N4O8/c1-13-9-15(14(2)27(13)19-7-5-16(28(32)33)11-21(19)34-3)10-18-22(29)26(24(31)25-18)12-17-6-8-20(36-17)23(30)35-4/h5-11H,12H2,1-4H3,(H,25,31). The summed E-state index contributed by atoms with van der Waals surface area (Å²) < 4.78 is 17.2. The predicted octanol–water partition coefficient (Wildman–Crippen LogP) is 3.48. The van der Waals surface area contributed by atoms with Crippen LogP contribution in [0.25, 0.3) is 11.8 Å². The van der Waals surface area contributed by atoms with Crippen LogP contribution in [-0.4, -0.2) is 46.5 Å². The molecule has 3 amide bonds. The number of esters is 1. The molecule has 0 saturated carbocycles. The van der Waals surface area contributed by atoms with Crippen molar-refractivity contribution in [1.82, 2.24) is 14.8 Å². The van der Waals surface area contributed by atoms with Crippen molar-refractivity contribution in [2.24, 2.45) is 0 Å². The molecule has 2 aromatic heterocycles. The van der Waals surface area contributed by atoms with E-state index in [1.165, 1.54) is 38.5 Å². The second kappa shape index (κ2) is 9.41. The number of nitrogens with zero attached hydrogens (tertiary/aromatic N) is 3. The third-order valence-electron chi connectivity index (χ3n) is 5.71. The van der Waals surface area contributed by atoms with Crippen molar-refractivity contribution in [3.63, 3.8) is 0 Å². The number of rotatable bonds is 7. The molecule has 0 spiro atoms. The summed E-state index contributed by atoms with van der Waals surface area (Å²) in [6, 6.07) is 8.38. The minimum Gasteiger partial charge on any atom is -0.494 e. The number of hydrogen-bond acceptors (Lipinski definition) is 8. The maximum atomic E-state index is 12.9. The molecule has 0 bridgehead atoms. The number of carbonyl (C=O) groups excluding carboxylic acids is 3. The van der Waals surface area contributed by atoms with E-state index < -0.39 is 22.8 Å². The number of non-ortho nitro benzene ring substituents is 1. The van der Waals surface area contributed by atoms with Gasteiger partial charge in [-0.05, 0) is 49.8 Å². The Morgan fingerprint density at radius 3 is 2.58 bits per heavy atom. The van der Waals surface area contributed by atoms with Crippen molar-refractivity contribution < 1.29 is 33.2 Å². The smallest absolute Gasteiger partial charge is 0.373 e. The zero-order chi connectivity index (χ0) is 26.1. The quantitative estimate of drug-likeness (QED) is 0.173. The van der Waals surface area contributed by atoms with Gasteiger partial charge in [-0.25, -0.2) is 9.59 Å². The number of nitrogens with one attached hydrogen (secondary N) is 1. The molecule has 1 aromatic carbocycles. The number of imide groups is 1. The Balaban J connectivity index is 1.62. The molecule has 0 aliphatic carbocycles. The van der Waals surface area contributed by atoms with Gasteiger partial charge in [-0.2, -0.15) is 0 Å². The summed E-state index contributed by atoms with van der Waals surface area (Å²) in [5.74, 6) is -0.716. The van der Waals surface area contributed by atoms with Crippen LogP contribution in [0.3, 0.4) is 0 Å². The number of benzene rings is 1. The Morgan fingerprint density at radius 2 is 1.92 bits per heavy atom. The summed E-state index contributed by atoms with van der Waals surface area (Å²) in [4.78, 5) is 48.6. The molecule has 0 radical (unpaired) electrons. The lowest BCUT2D eigenvalue weighted by Gasteiger charge is -2.13. The monoisotopic (exact) mass is 494 g/mol. The van der Waals surface area contributed by atoms with E-state index in [0.29, 0.717) is 17.0 Å². The minimum absolute atomic E-state index is 0.0376. The van der Waals surface area contributed by atoms with Gasteiger partial charge in [-0.1, -0.05) is 0 Å². The molecule has 1 N–H and O–H groups in total. The molecule has 0 unspecified atom stereocenters. The number of aromatic nitrogens is 1. The van der Waals surface area contributed by atoms with Crippen LogP contribution in [0.5, 0.6) is 5.75 Å². The third kappa shape index (κ3) is 4.31. The minimum atomic E-state index is -0.668. The summed E-state index contributed by atoms with van der Waals surface area (Å²) >= 11 is 0. The first-order chi connectivity index (χ1) is 17.1. The van der Waals surface area contributed by atoms with E-state index in [1.54, 1.807) is 12.1 Å². The van der Waals surface area contributed by atoms with E-state index in [9.17, 15) is 24.5 Å². The van der Waals surface area contributed by atoms with Crippen molar-refractivity contribution >= 4 is 29.7 Å². The lowest BCUT2D eigenvalue weighted by Crippen LogP contribution is -2.30. The van der Waals surface area contributed by atoms with Gasteiger partial charge in [-0.15, -0.1) is 0 Å². The Hall–Kier alpha value is -4.87. The summed E-state index contributed by atoms with van der Waals surface area (Å²) in [7, 11) is 2.64. The first-order valence-electron chi connectivity index (χ1n) is 10.7. The fraction of sp³-hybridized carbons (Fsp3) is 0.208. The van der Waals surface area contributed by atoms with Crippen molar-refractivity contribution in [2.75, 3.05) is 14.2 Å². The number of furan rings is 1. The van der Waals surface area contributed by atoms with Gasteiger partial charge in [0.15, 0.2) is 0 Å². The molecular weight excluding hydrogens is 472 g/mol. The molecule has 3 heterocycles. The van der Waals surface area contributed by atoms with E-state index in [1.807, 2.05) is 24.5 Å². The fourth-order valence-electron chi connectivity index (χ4n) is 3.97. The number of carbonyl (C=O) groups is 3. The second-order valence-electron chi connectivity index (χ2n) is 7.91. The van der Waals surface area contributed by atoms with E-state index in [2.05, 4.69) is 10.1 Å². The zero-order valence-electron chi connectivity index (χ0n) is 19.9. The number of amides is 3. The SMILES string of the molecule is COC(=O)c1ccc(CN2C(=O)NC(=Cc3cc(C)n(-c4ccc([N+](=O)[O-])cc4OC)c3C)C2=O)o1. The molecular formula is C24H22N4O8. The Bertz CT molecular complexity index is 1430. The summed E-state index contributed by atoms with van der Waals surface area (Å²) in [5.41, 5.74) is 2.72. The number of urea groups is 1. The molecule has 12 nitrogen and oxygen atoms in total. The molecule has 1 aliphatic heterocycles. The number of nitro benzene ring substituents is 1. The van der Waals surface area contributed by atoms with Crippen molar-refractivity contribution in [1.29, 1.82) is 0 Å².